The molecule has 0 saturated heterocycles. The van der Waals surface area contributed by atoms with Gasteiger partial charge in [0.2, 0.25) is 0 Å². The zero-order valence-corrected chi connectivity index (χ0v) is 16.8. The van der Waals surface area contributed by atoms with Crippen LogP contribution in [0.15, 0.2) is 29.3 Å². The van der Waals surface area contributed by atoms with Crippen molar-refractivity contribution in [2.75, 3.05) is 12.4 Å². The van der Waals surface area contributed by atoms with Gasteiger partial charge in [0.1, 0.15) is 5.75 Å². The highest BCUT2D eigenvalue weighted by Crippen LogP contribution is 2.53. The van der Waals surface area contributed by atoms with Crippen LogP contribution in [0, 0.1) is 5.41 Å². The number of benzene rings is 1. The molecule has 0 radical (unpaired) electrons. The number of anilines is 1. The molecule has 1 saturated carbocycles. The van der Waals surface area contributed by atoms with E-state index in [1.807, 2.05) is 6.92 Å². The highest BCUT2D eigenvalue weighted by Gasteiger charge is 2.58. The SMILES string of the molecule is COC1(C)CC(N=C(N)Nc2ccc(OC(F)(F)F)cc2)C1(C)C.I. The molecule has 2 atom stereocenters. The van der Waals surface area contributed by atoms with Crippen LogP contribution in [-0.4, -0.2) is 31.1 Å². The molecule has 2 unspecified atom stereocenters. The lowest BCUT2D eigenvalue weighted by atomic mass is 9.56. The van der Waals surface area contributed by atoms with Crippen molar-refractivity contribution in [1.82, 2.24) is 0 Å². The Morgan fingerprint density at radius 2 is 1.80 bits per heavy atom. The van der Waals surface area contributed by atoms with Crippen LogP contribution in [0.1, 0.15) is 27.2 Å². The van der Waals surface area contributed by atoms with Crippen molar-refractivity contribution in [3.63, 3.8) is 0 Å². The van der Waals surface area contributed by atoms with Gasteiger partial charge in [0.25, 0.3) is 0 Å². The Labute approximate surface area is 162 Å². The summed E-state index contributed by atoms with van der Waals surface area (Å²) in [7, 11) is 1.67. The molecule has 0 aliphatic heterocycles. The van der Waals surface area contributed by atoms with Gasteiger partial charge in [-0.15, -0.1) is 37.1 Å². The molecule has 2 rings (SSSR count). The molecule has 1 aromatic rings. The summed E-state index contributed by atoms with van der Waals surface area (Å²) >= 11 is 0. The van der Waals surface area contributed by atoms with Gasteiger partial charge in [-0.2, -0.15) is 0 Å². The van der Waals surface area contributed by atoms with Gasteiger partial charge in [-0.1, -0.05) is 13.8 Å². The van der Waals surface area contributed by atoms with E-state index >= 15 is 0 Å². The Morgan fingerprint density at radius 3 is 2.24 bits per heavy atom. The number of nitrogens with one attached hydrogen (secondary N) is 1. The van der Waals surface area contributed by atoms with E-state index in [4.69, 9.17) is 10.5 Å². The van der Waals surface area contributed by atoms with Crippen LogP contribution in [-0.2, 0) is 4.74 Å². The zero-order valence-electron chi connectivity index (χ0n) is 14.5. The molecule has 1 aliphatic carbocycles. The van der Waals surface area contributed by atoms with E-state index in [1.165, 1.54) is 24.3 Å². The maximum absolute atomic E-state index is 12.1. The van der Waals surface area contributed by atoms with Gasteiger partial charge in [-0.05, 0) is 37.6 Å². The summed E-state index contributed by atoms with van der Waals surface area (Å²) in [5, 5.41) is 2.86. The Morgan fingerprint density at radius 1 is 1.24 bits per heavy atom. The number of rotatable bonds is 4. The molecule has 0 spiro atoms. The third-order valence-electron chi connectivity index (χ3n) is 4.88. The van der Waals surface area contributed by atoms with Crippen molar-refractivity contribution in [3.8, 4) is 5.75 Å². The van der Waals surface area contributed by atoms with E-state index in [9.17, 15) is 13.2 Å². The minimum Gasteiger partial charge on any atom is -0.406 e. The summed E-state index contributed by atoms with van der Waals surface area (Å²) in [4.78, 5) is 4.45. The number of halogens is 4. The van der Waals surface area contributed by atoms with Crippen molar-refractivity contribution in [1.29, 1.82) is 0 Å². The van der Waals surface area contributed by atoms with Gasteiger partial charge in [0.05, 0.1) is 11.6 Å². The third kappa shape index (κ3) is 4.90. The lowest BCUT2D eigenvalue weighted by Crippen LogP contribution is -2.62. The number of hydrogen-bond donors (Lipinski definition) is 2. The van der Waals surface area contributed by atoms with Crippen molar-refractivity contribution < 1.29 is 22.6 Å². The molecule has 1 aliphatic rings. The van der Waals surface area contributed by atoms with Crippen molar-refractivity contribution in [2.24, 2.45) is 16.1 Å². The molecular weight excluding hydrogens is 450 g/mol. The molecule has 9 heteroatoms. The van der Waals surface area contributed by atoms with Gasteiger partial charge in [-0.3, -0.25) is 0 Å². The minimum atomic E-state index is -4.71. The third-order valence-corrected chi connectivity index (χ3v) is 4.88. The maximum atomic E-state index is 12.1. The molecular formula is C16H23F3IN3O2. The van der Waals surface area contributed by atoms with Crippen LogP contribution in [0.2, 0.25) is 0 Å². The summed E-state index contributed by atoms with van der Waals surface area (Å²) in [6, 6.07) is 5.29. The summed E-state index contributed by atoms with van der Waals surface area (Å²) in [6.07, 6.45) is -3.96. The molecule has 0 aromatic heterocycles. The first kappa shape index (κ1) is 21.8. The second-order valence-corrected chi connectivity index (χ2v) is 6.59. The molecule has 1 fully saturated rings. The van der Waals surface area contributed by atoms with Gasteiger partial charge in [0, 0.05) is 18.2 Å². The number of aliphatic imine (C=N–C) groups is 1. The molecule has 0 heterocycles. The maximum Gasteiger partial charge on any atom is 0.573 e. The van der Waals surface area contributed by atoms with Gasteiger partial charge < -0.3 is 20.5 Å². The van der Waals surface area contributed by atoms with Crippen LogP contribution >= 0.6 is 24.0 Å². The lowest BCUT2D eigenvalue weighted by Gasteiger charge is -2.57. The number of alkyl halides is 3. The quantitative estimate of drug-likeness (QED) is 0.392. The predicted octanol–water partition coefficient (Wildman–Crippen LogP) is 4.13. The van der Waals surface area contributed by atoms with E-state index in [1.54, 1.807) is 7.11 Å². The molecule has 1 aromatic carbocycles. The molecule has 25 heavy (non-hydrogen) atoms. The van der Waals surface area contributed by atoms with E-state index in [0.29, 0.717) is 5.69 Å². The normalized spacial score (nSPS) is 25.6. The van der Waals surface area contributed by atoms with Crippen molar-refractivity contribution >= 4 is 35.6 Å². The summed E-state index contributed by atoms with van der Waals surface area (Å²) in [6.45, 7) is 6.15. The van der Waals surface area contributed by atoms with Gasteiger partial charge in [0.15, 0.2) is 5.96 Å². The Hall–Kier alpha value is -1.23. The predicted molar refractivity (Wildman–Crippen MR) is 101 cm³/mol. The molecule has 0 bridgehead atoms. The van der Waals surface area contributed by atoms with Gasteiger partial charge >= 0.3 is 6.36 Å². The molecule has 5 nitrogen and oxygen atoms in total. The Balaban J connectivity index is 0.00000312. The fourth-order valence-corrected chi connectivity index (χ4v) is 2.75. The highest BCUT2D eigenvalue weighted by atomic mass is 127. The monoisotopic (exact) mass is 473 g/mol. The zero-order chi connectivity index (χ0) is 18.2. The number of hydrogen-bond acceptors (Lipinski definition) is 3. The van der Waals surface area contributed by atoms with Crippen LogP contribution < -0.4 is 15.8 Å². The lowest BCUT2D eigenvalue weighted by molar-refractivity contribution is -0.274. The number of methoxy groups -OCH3 is 1. The summed E-state index contributed by atoms with van der Waals surface area (Å²) in [5.41, 5.74) is 6.00. The molecule has 0 amide bonds. The summed E-state index contributed by atoms with van der Waals surface area (Å²) < 4.78 is 45.7. The number of guanidine groups is 1. The van der Waals surface area contributed by atoms with Crippen LogP contribution in [0.25, 0.3) is 0 Å². The molecule has 142 valence electrons. The number of nitrogens with two attached hydrogens (primary N) is 1. The van der Waals surface area contributed by atoms with Crippen molar-refractivity contribution in [2.45, 2.75) is 45.2 Å². The first-order valence-corrected chi connectivity index (χ1v) is 7.48. The van der Waals surface area contributed by atoms with E-state index in [2.05, 4.69) is 28.9 Å². The van der Waals surface area contributed by atoms with Crippen LogP contribution in [0.5, 0.6) is 5.75 Å². The summed E-state index contributed by atoms with van der Waals surface area (Å²) in [5.74, 6) is -0.0877. The van der Waals surface area contributed by atoms with E-state index in [0.717, 1.165) is 6.42 Å². The van der Waals surface area contributed by atoms with Crippen LogP contribution in [0.3, 0.4) is 0 Å². The van der Waals surface area contributed by atoms with Crippen LogP contribution in [0.4, 0.5) is 18.9 Å². The Kier molecular flexibility index (Phi) is 6.60. The average molecular weight is 473 g/mol. The fraction of sp³-hybridized carbons (Fsp3) is 0.562. The second-order valence-electron chi connectivity index (χ2n) is 6.59. The first-order valence-electron chi connectivity index (χ1n) is 7.48. The molecule has 3 N–H and O–H groups in total. The van der Waals surface area contributed by atoms with Gasteiger partial charge in [-0.25, -0.2) is 4.99 Å². The fourth-order valence-electron chi connectivity index (χ4n) is 2.75. The number of ether oxygens (including phenoxy) is 2. The van der Waals surface area contributed by atoms with E-state index < -0.39 is 6.36 Å². The average Bonchev–Trinajstić information content (AvgIpc) is 2.47. The first-order chi connectivity index (χ1) is 11.0. The topological polar surface area (TPSA) is 68.9 Å². The van der Waals surface area contributed by atoms with E-state index in [-0.39, 0.29) is 52.7 Å². The van der Waals surface area contributed by atoms with Crippen molar-refractivity contribution in [3.05, 3.63) is 24.3 Å². The standard InChI is InChI=1S/C16H22F3N3O2.HI/c1-14(2)12(9-15(14,3)23-4)22-13(20)21-10-5-7-11(8-6-10)24-16(17,18)19;/h5-8,12H,9H2,1-4H3,(H3,20,21,22);1H. The minimum absolute atomic E-state index is 0. The second kappa shape index (κ2) is 7.56. The highest BCUT2D eigenvalue weighted by molar-refractivity contribution is 14.0. The number of nitrogens with zero attached hydrogens (tertiary/aromatic N) is 1. The smallest absolute Gasteiger partial charge is 0.406 e. The largest absolute Gasteiger partial charge is 0.573 e. The Bertz CT molecular complexity index is 620.